The van der Waals surface area contributed by atoms with E-state index in [1.165, 1.54) is 4.68 Å². The van der Waals surface area contributed by atoms with Gasteiger partial charge in [0.05, 0.1) is 6.61 Å². The van der Waals surface area contributed by atoms with Gasteiger partial charge in [-0.2, -0.15) is 10.2 Å². The van der Waals surface area contributed by atoms with Crippen LogP contribution in [0.2, 0.25) is 0 Å². The van der Waals surface area contributed by atoms with E-state index in [1.54, 1.807) is 19.3 Å². The third-order valence-electron chi connectivity index (χ3n) is 4.52. The van der Waals surface area contributed by atoms with Crippen LogP contribution >= 0.6 is 0 Å². The summed E-state index contributed by atoms with van der Waals surface area (Å²) in [6.07, 6.45) is 4.67. The van der Waals surface area contributed by atoms with Crippen LogP contribution in [0.15, 0.2) is 18.3 Å². The van der Waals surface area contributed by atoms with Crippen molar-refractivity contribution in [3.63, 3.8) is 0 Å². The summed E-state index contributed by atoms with van der Waals surface area (Å²) >= 11 is 0. The van der Waals surface area contributed by atoms with Gasteiger partial charge < -0.3 is 15.4 Å². The SMILES string of the molecule is CCCOC(=O)N[C@@H]1CC[C@H](c2cc(NC(=O)c3ccnn3C)n[nH]2)C1. The first-order valence-corrected chi connectivity index (χ1v) is 8.84. The highest BCUT2D eigenvalue weighted by atomic mass is 16.5. The highest BCUT2D eigenvalue weighted by molar-refractivity contribution is 6.02. The van der Waals surface area contributed by atoms with E-state index in [0.29, 0.717) is 18.1 Å². The molecule has 2 heterocycles. The first kappa shape index (κ1) is 18.0. The molecule has 0 spiro atoms. The predicted octanol–water partition coefficient (Wildman–Crippen LogP) is 2.17. The molecule has 1 aliphatic rings. The van der Waals surface area contributed by atoms with Crippen LogP contribution in [0.5, 0.6) is 0 Å². The van der Waals surface area contributed by atoms with Gasteiger partial charge in [-0.3, -0.25) is 14.6 Å². The van der Waals surface area contributed by atoms with Gasteiger partial charge in [0, 0.05) is 37.0 Å². The number of hydrogen-bond donors (Lipinski definition) is 3. The lowest BCUT2D eigenvalue weighted by Crippen LogP contribution is -2.33. The maximum Gasteiger partial charge on any atom is 0.407 e. The number of alkyl carbamates (subject to hydrolysis) is 1. The van der Waals surface area contributed by atoms with Crippen molar-refractivity contribution in [3.8, 4) is 0 Å². The number of nitrogens with one attached hydrogen (secondary N) is 3. The highest BCUT2D eigenvalue weighted by Gasteiger charge is 2.28. The topological polar surface area (TPSA) is 114 Å². The molecule has 0 aromatic carbocycles. The van der Waals surface area contributed by atoms with Crippen molar-refractivity contribution in [1.29, 1.82) is 0 Å². The molecule has 1 aliphatic carbocycles. The molecule has 1 fully saturated rings. The minimum atomic E-state index is -0.355. The van der Waals surface area contributed by atoms with Gasteiger partial charge in [-0.1, -0.05) is 6.92 Å². The standard InChI is InChI=1S/C17H24N6O3/c1-3-8-26-17(25)19-12-5-4-11(9-12)13-10-15(22-21-13)20-16(24)14-6-7-18-23(14)2/h6-7,10-12H,3-5,8-9H2,1-2H3,(H,19,25)(H2,20,21,22,24)/t11-,12+/m0/s1. The molecule has 0 bridgehead atoms. The Hall–Kier alpha value is -2.84. The molecular weight excluding hydrogens is 336 g/mol. The molecule has 2 amide bonds. The molecule has 9 nitrogen and oxygen atoms in total. The van der Waals surface area contributed by atoms with Gasteiger partial charge in [0.25, 0.3) is 5.91 Å². The molecule has 140 valence electrons. The van der Waals surface area contributed by atoms with Crippen LogP contribution in [0.1, 0.15) is 54.7 Å². The molecule has 0 radical (unpaired) electrons. The van der Waals surface area contributed by atoms with Crippen LogP contribution in [-0.4, -0.2) is 44.6 Å². The van der Waals surface area contributed by atoms with Crippen LogP contribution in [0.25, 0.3) is 0 Å². The minimum absolute atomic E-state index is 0.0974. The molecule has 0 saturated heterocycles. The van der Waals surface area contributed by atoms with Crippen LogP contribution < -0.4 is 10.6 Å². The average Bonchev–Trinajstić information content (AvgIpc) is 3.34. The number of aryl methyl sites for hydroxylation is 1. The second kappa shape index (κ2) is 8.03. The summed E-state index contributed by atoms with van der Waals surface area (Å²) < 4.78 is 6.57. The van der Waals surface area contributed by atoms with Crippen LogP contribution in [0, 0.1) is 0 Å². The maximum atomic E-state index is 12.2. The van der Waals surface area contributed by atoms with Crippen molar-refractivity contribution in [2.75, 3.05) is 11.9 Å². The Morgan fingerprint density at radius 1 is 1.42 bits per heavy atom. The number of carbonyl (C=O) groups is 2. The van der Waals surface area contributed by atoms with Crippen molar-refractivity contribution < 1.29 is 14.3 Å². The molecular formula is C17H24N6O3. The van der Waals surface area contributed by atoms with E-state index in [4.69, 9.17) is 4.74 Å². The summed E-state index contributed by atoms with van der Waals surface area (Å²) in [5.41, 5.74) is 1.42. The number of amides is 2. The molecule has 3 rings (SSSR count). The fourth-order valence-electron chi connectivity index (χ4n) is 3.18. The van der Waals surface area contributed by atoms with Gasteiger partial charge in [0.15, 0.2) is 5.82 Å². The first-order valence-electron chi connectivity index (χ1n) is 8.84. The predicted molar refractivity (Wildman–Crippen MR) is 94.9 cm³/mol. The number of carbonyl (C=O) groups excluding carboxylic acids is 2. The van der Waals surface area contributed by atoms with Crippen molar-refractivity contribution in [1.82, 2.24) is 25.3 Å². The molecule has 9 heteroatoms. The maximum absolute atomic E-state index is 12.2. The van der Waals surface area contributed by atoms with Gasteiger partial charge in [-0.25, -0.2) is 4.79 Å². The van der Waals surface area contributed by atoms with Crippen molar-refractivity contribution in [3.05, 3.63) is 29.7 Å². The zero-order valence-corrected chi connectivity index (χ0v) is 15.0. The largest absolute Gasteiger partial charge is 0.450 e. The van der Waals surface area contributed by atoms with Crippen LogP contribution in [0.4, 0.5) is 10.6 Å². The summed E-state index contributed by atoms with van der Waals surface area (Å²) in [5.74, 6) is 0.485. The highest BCUT2D eigenvalue weighted by Crippen LogP contribution is 2.34. The number of H-pyrrole nitrogens is 1. The molecule has 26 heavy (non-hydrogen) atoms. The Bertz CT molecular complexity index is 768. The Morgan fingerprint density at radius 3 is 3.00 bits per heavy atom. The third kappa shape index (κ3) is 4.22. The summed E-state index contributed by atoms with van der Waals surface area (Å²) in [6.45, 7) is 2.39. The molecule has 1 saturated carbocycles. The number of anilines is 1. The molecule has 2 atom stereocenters. The lowest BCUT2D eigenvalue weighted by atomic mass is 10.0. The molecule has 2 aromatic rings. The third-order valence-corrected chi connectivity index (χ3v) is 4.52. The summed E-state index contributed by atoms with van der Waals surface area (Å²) in [7, 11) is 1.71. The Kier molecular flexibility index (Phi) is 5.55. The number of hydrogen-bond acceptors (Lipinski definition) is 5. The van der Waals surface area contributed by atoms with Gasteiger partial charge in [0.2, 0.25) is 0 Å². The minimum Gasteiger partial charge on any atom is -0.450 e. The smallest absolute Gasteiger partial charge is 0.407 e. The number of nitrogens with zero attached hydrogens (tertiary/aromatic N) is 3. The Balaban J connectivity index is 1.53. The van der Waals surface area contributed by atoms with Crippen molar-refractivity contribution in [2.24, 2.45) is 7.05 Å². The van der Waals surface area contributed by atoms with E-state index >= 15 is 0 Å². The molecule has 0 unspecified atom stereocenters. The van der Waals surface area contributed by atoms with Crippen molar-refractivity contribution in [2.45, 2.75) is 44.6 Å². The summed E-state index contributed by atoms with van der Waals surface area (Å²) in [4.78, 5) is 23.9. The number of ether oxygens (including phenoxy) is 1. The average molecular weight is 360 g/mol. The van der Waals surface area contributed by atoms with E-state index in [9.17, 15) is 9.59 Å². The van der Waals surface area contributed by atoms with Crippen molar-refractivity contribution >= 4 is 17.8 Å². The second-order valence-corrected chi connectivity index (χ2v) is 6.49. The van der Waals surface area contributed by atoms with E-state index < -0.39 is 0 Å². The lowest BCUT2D eigenvalue weighted by molar-refractivity contribution is 0.101. The van der Waals surface area contributed by atoms with Crippen LogP contribution in [-0.2, 0) is 11.8 Å². The zero-order valence-electron chi connectivity index (χ0n) is 15.0. The fourth-order valence-corrected chi connectivity index (χ4v) is 3.18. The number of aromatic nitrogens is 4. The molecule has 2 aromatic heterocycles. The van der Waals surface area contributed by atoms with Crippen LogP contribution in [0.3, 0.4) is 0 Å². The fraction of sp³-hybridized carbons (Fsp3) is 0.529. The summed E-state index contributed by atoms with van der Waals surface area (Å²) in [6, 6.07) is 3.59. The zero-order chi connectivity index (χ0) is 18.5. The quantitative estimate of drug-likeness (QED) is 0.730. The second-order valence-electron chi connectivity index (χ2n) is 6.49. The lowest BCUT2D eigenvalue weighted by Gasteiger charge is -2.12. The van der Waals surface area contributed by atoms with E-state index in [1.807, 2.05) is 13.0 Å². The molecule has 3 N–H and O–H groups in total. The normalized spacial score (nSPS) is 19.3. The first-order chi connectivity index (χ1) is 12.6. The number of rotatable bonds is 6. The monoisotopic (exact) mass is 360 g/mol. The van der Waals surface area contributed by atoms with Gasteiger partial charge in [0.1, 0.15) is 5.69 Å². The molecule has 0 aliphatic heterocycles. The summed E-state index contributed by atoms with van der Waals surface area (Å²) in [5, 5.41) is 16.8. The van der Waals surface area contributed by atoms with Gasteiger partial charge in [-0.15, -0.1) is 0 Å². The number of aromatic amines is 1. The van der Waals surface area contributed by atoms with Gasteiger partial charge >= 0.3 is 6.09 Å². The van der Waals surface area contributed by atoms with E-state index in [-0.39, 0.29) is 24.0 Å². The Labute approximate surface area is 151 Å². The van der Waals surface area contributed by atoms with E-state index in [2.05, 4.69) is 25.9 Å². The van der Waals surface area contributed by atoms with Gasteiger partial charge in [-0.05, 0) is 31.7 Å². The Morgan fingerprint density at radius 2 is 2.27 bits per heavy atom. The van der Waals surface area contributed by atoms with E-state index in [0.717, 1.165) is 31.4 Å².